The maximum atomic E-state index is 11.9. The number of nitrogens with zero attached hydrogens (tertiary/aromatic N) is 2. The molecule has 1 atom stereocenters. The van der Waals surface area contributed by atoms with Gasteiger partial charge in [-0.2, -0.15) is 0 Å². The number of hydrogen-bond acceptors (Lipinski definition) is 4. The van der Waals surface area contributed by atoms with Gasteiger partial charge in [-0.1, -0.05) is 13.0 Å². The Morgan fingerprint density at radius 1 is 1.48 bits per heavy atom. The number of ether oxygens (including phenoxy) is 2. The Morgan fingerprint density at radius 2 is 2.30 bits per heavy atom. The van der Waals surface area contributed by atoms with Crippen molar-refractivity contribution in [3.8, 4) is 0 Å². The molecule has 1 aromatic heterocycles. The standard InChI is InChI=1S/C18H26N2O3/c1-3-5-17(21)20-12-18(13-20)10-16(8-9-23-18)22-11-15-7-4-6-14(2)19-15/h4,6-7,16H,3,5,8-13H2,1-2H3. The van der Waals surface area contributed by atoms with E-state index in [1.165, 1.54) is 0 Å². The van der Waals surface area contributed by atoms with Crippen LogP contribution in [0.4, 0.5) is 0 Å². The predicted octanol–water partition coefficient (Wildman–Crippen LogP) is 2.47. The molecule has 23 heavy (non-hydrogen) atoms. The average molecular weight is 318 g/mol. The molecule has 2 fully saturated rings. The Hall–Kier alpha value is -1.46. The highest BCUT2D eigenvalue weighted by Crippen LogP contribution is 2.35. The Kier molecular flexibility index (Phi) is 4.97. The summed E-state index contributed by atoms with van der Waals surface area (Å²) in [5.74, 6) is 0.244. The summed E-state index contributed by atoms with van der Waals surface area (Å²) in [5.41, 5.74) is 1.81. The lowest BCUT2D eigenvalue weighted by atomic mass is 9.84. The summed E-state index contributed by atoms with van der Waals surface area (Å²) in [5, 5.41) is 0. The van der Waals surface area contributed by atoms with E-state index < -0.39 is 0 Å². The summed E-state index contributed by atoms with van der Waals surface area (Å²) in [6, 6.07) is 6.00. The molecular formula is C18H26N2O3. The van der Waals surface area contributed by atoms with E-state index in [1.54, 1.807) is 0 Å². The minimum atomic E-state index is -0.174. The van der Waals surface area contributed by atoms with Gasteiger partial charge >= 0.3 is 0 Å². The van der Waals surface area contributed by atoms with Gasteiger partial charge in [0.15, 0.2) is 0 Å². The molecule has 2 saturated heterocycles. The summed E-state index contributed by atoms with van der Waals surface area (Å²) in [7, 11) is 0. The van der Waals surface area contributed by atoms with Gasteiger partial charge in [-0.25, -0.2) is 0 Å². The van der Waals surface area contributed by atoms with E-state index in [2.05, 4.69) is 4.98 Å². The minimum absolute atomic E-state index is 0.174. The fraction of sp³-hybridized carbons (Fsp3) is 0.667. The van der Waals surface area contributed by atoms with Crippen LogP contribution < -0.4 is 0 Å². The maximum absolute atomic E-state index is 11.9. The Bertz CT molecular complexity index is 555. The topological polar surface area (TPSA) is 51.7 Å². The summed E-state index contributed by atoms with van der Waals surface area (Å²) in [6.07, 6.45) is 3.51. The van der Waals surface area contributed by atoms with Crippen molar-refractivity contribution in [2.24, 2.45) is 0 Å². The number of pyridine rings is 1. The number of aromatic nitrogens is 1. The third-order valence-electron chi connectivity index (χ3n) is 4.64. The average Bonchev–Trinajstić information content (AvgIpc) is 2.51. The third kappa shape index (κ3) is 3.90. The molecule has 0 aliphatic carbocycles. The molecule has 1 aromatic rings. The highest BCUT2D eigenvalue weighted by Gasteiger charge is 2.49. The van der Waals surface area contributed by atoms with Gasteiger partial charge in [-0.3, -0.25) is 9.78 Å². The molecule has 0 radical (unpaired) electrons. The number of hydrogen-bond donors (Lipinski definition) is 0. The molecule has 5 nitrogen and oxygen atoms in total. The normalized spacial score (nSPS) is 22.9. The number of aryl methyl sites for hydroxylation is 1. The maximum Gasteiger partial charge on any atom is 0.222 e. The van der Waals surface area contributed by atoms with Gasteiger partial charge in [0.25, 0.3) is 0 Å². The van der Waals surface area contributed by atoms with Crippen LogP contribution in [0.5, 0.6) is 0 Å². The van der Waals surface area contributed by atoms with Crippen LogP contribution in [0.3, 0.4) is 0 Å². The number of carbonyl (C=O) groups is 1. The zero-order valence-corrected chi connectivity index (χ0v) is 14.1. The second kappa shape index (κ2) is 6.97. The Morgan fingerprint density at radius 3 is 3.04 bits per heavy atom. The van der Waals surface area contributed by atoms with Crippen LogP contribution in [0.15, 0.2) is 18.2 Å². The molecule has 3 heterocycles. The van der Waals surface area contributed by atoms with Gasteiger partial charge in [-0.05, 0) is 31.9 Å². The minimum Gasteiger partial charge on any atom is -0.372 e. The van der Waals surface area contributed by atoms with Gasteiger partial charge in [0, 0.05) is 25.1 Å². The van der Waals surface area contributed by atoms with Crippen LogP contribution >= 0.6 is 0 Å². The van der Waals surface area contributed by atoms with Crippen molar-refractivity contribution in [2.45, 2.75) is 57.8 Å². The second-order valence-corrected chi connectivity index (χ2v) is 6.73. The van der Waals surface area contributed by atoms with Gasteiger partial charge in [0.05, 0.1) is 31.5 Å². The van der Waals surface area contributed by atoms with Crippen LogP contribution in [-0.4, -0.2) is 47.2 Å². The molecule has 1 unspecified atom stereocenters. The molecule has 2 aliphatic heterocycles. The van der Waals surface area contributed by atoms with E-state index >= 15 is 0 Å². The van der Waals surface area contributed by atoms with Gasteiger partial charge in [0.1, 0.15) is 5.60 Å². The van der Waals surface area contributed by atoms with E-state index in [1.807, 2.05) is 36.9 Å². The van der Waals surface area contributed by atoms with Gasteiger partial charge in [0.2, 0.25) is 5.91 Å². The van der Waals surface area contributed by atoms with E-state index in [4.69, 9.17) is 9.47 Å². The van der Waals surface area contributed by atoms with Crippen molar-refractivity contribution >= 4 is 5.91 Å². The largest absolute Gasteiger partial charge is 0.372 e. The first-order valence-electron chi connectivity index (χ1n) is 8.56. The van der Waals surface area contributed by atoms with Crippen molar-refractivity contribution in [3.05, 3.63) is 29.6 Å². The summed E-state index contributed by atoms with van der Waals surface area (Å²) >= 11 is 0. The number of amides is 1. The lowest BCUT2D eigenvalue weighted by Crippen LogP contribution is -2.67. The summed E-state index contributed by atoms with van der Waals surface area (Å²) in [4.78, 5) is 18.3. The molecule has 2 aliphatic rings. The second-order valence-electron chi connectivity index (χ2n) is 6.73. The van der Waals surface area contributed by atoms with E-state index in [9.17, 15) is 4.79 Å². The van der Waals surface area contributed by atoms with Crippen LogP contribution in [0.25, 0.3) is 0 Å². The third-order valence-corrected chi connectivity index (χ3v) is 4.64. The van der Waals surface area contributed by atoms with Gasteiger partial charge in [-0.15, -0.1) is 0 Å². The molecule has 126 valence electrons. The fourth-order valence-electron chi connectivity index (χ4n) is 3.43. The lowest BCUT2D eigenvalue weighted by molar-refractivity contribution is -0.202. The van der Waals surface area contributed by atoms with Gasteiger partial charge < -0.3 is 14.4 Å². The number of carbonyl (C=O) groups excluding carboxylic acids is 1. The van der Waals surface area contributed by atoms with E-state index in [0.29, 0.717) is 32.7 Å². The molecule has 5 heteroatoms. The number of rotatable bonds is 5. The molecule has 0 bridgehead atoms. The Balaban J connectivity index is 1.49. The zero-order chi connectivity index (χ0) is 16.3. The zero-order valence-electron chi connectivity index (χ0n) is 14.1. The smallest absolute Gasteiger partial charge is 0.222 e. The predicted molar refractivity (Wildman–Crippen MR) is 87.0 cm³/mol. The highest BCUT2D eigenvalue weighted by atomic mass is 16.5. The summed E-state index contributed by atoms with van der Waals surface area (Å²) < 4.78 is 12.0. The molecular weight excluding hydrogens is 292 g/mol. The van der Waals surface area contributed by atoms with Crippen molar-refractivity contribution in [1.29, 1.82) is 0 Å². The monoisotopic (exact) mass is 318 g/mol. The molecule has 3 rings (SSSR count). The molecule has 0 saturated carbocycles. The fourth-order valence-corrected chi connectivity index (χ4v) is 3.43. The number of likely N-dealkylation sites (tertiary alicyclic amines) is 1. The van der Waals surface area contributed by atoms with Crippen molar-refractivity contribution in [1.82, 2.24) is 9.88 Å². The lowest BCUT2D eigenvalue weighted by Gasteiger charge is -2.53. The van der Waals surface area contributed by atoms with Crippen molar-refractivity contribution < 1.29 is 14.3 Å². The quantitative estimate of drug-likeness (QED) is 0.837. The van der Waals surface area contributed by atoms with Crippen molar-refractivity contribution in [3.63, 3.8) is 0 Å². The first kappa shape index (κ1) is 16.4. The molecule has 0 aromatic carbocycles. The highest BCUT2D eigenvalue weighted by molar-refractivity contribution is 5.77. The SMILES string of the molecule is CCCC(=O)N1CC2(CC(OCc3cccc(C)n3)CCO2)C1. The molecule has 0 N–H and O–H groups in total. The van der Waals surface area contributed by atoms with Crippen LogP contribution in [0.1, 0.15) is 44.0 Å². The van der Waals surface area contributed by atoms with Crippen LogP contribution in [0.2, 0.25) is 0 Å². The van der Waals surface area contributed by atoms with Crippen molar-refractivity contribution in [2.75, 3.05) is 19.7 Å². The van der Waals surface area contributed by atoms with E-state index in [-0.39, 0.29) is 17.6 Å². The summed E-state index contributed by atoms with van der Waals surface area (Å²) in [6.45, 7) is 6.71. The molecule has 1 spiro atoms. The van der Waals surface area contributed by atoms with Crippen LogP contribution in [-0.2, 0) is 20.9 Å². The first-order chi connectivity index (χ1) is 11.1. The van der Waals surface area contributed by atoms with E-state index in [0.717, 1.165) is 30.7 Å². The first-order valence-corrected chi connectivity index (χ1v) is 8.56. The Labute approximate surface area is 138 Å². The van der Waals surface area contributed by atoms with Crippen LogP contribution in [0, 0.1) is 6.92 Å². The molecule has 1 amide bonds.